The zero-order valence-electron chi connectivity index (χ0n) is 19.6. The maximum absolute atomic E-state index is 12.1. The Morgan fingerprint density at radius 3 is 2.66 bits per heavy atom. The molecule has 0 saturated carbocycles. The number of nitrogens with zero attached hydrogens (tertiary/aromatic N) is 4. The summed E-state index contributed by atoms with van der Waals surface area (Å²) in [7, 11) is 0. The fourth-order valence-corrected chi connectivity index (χ4v) is 4.29. The van der Waals surface area contributed by atoms with Gasteiger partial charge in [0.2, 0.25) is 11.8 Å². The molecular formula is C25H26N4O5S. The number of ether oxygens (including phenoxy) is 3. The summed E-state index contributed by atoms with van der Waals surface area (Å²) in [6.07, 6.45) is 1.37. The summed E-state index contributed by atoms with van der Waals surface area (Å²) in [5.41, 5.74) is 4.95. The molecule has 0 unspecified atom stereocenters. The van der Waals surface area contributed by atoms with Gasteiger partial charge in [0.1, 0.15) is 11.0 Å². The van der Waals surface area contributed by atoms with E-state index in [4.69, 9.17) is 14.2 Å². The van der Waals surface area contributed by atoms with E-state index >= 15 is 0 Å². The summed E-state index contributed by atoms with van der Waals surface area (Å²) in [6, 6.07) is 13.4. The molecule has 0 bridgehead atoms. The Morgan fingerprint density at radius 1 is 1.09 bits per heavy atom. The summed E-state index contributed by atoms with van der Waals surface area (Å²) < 4.78 is 26.6. The van der Waals surface area contributed by atoms with Crippen LogP contribution in [0.3, 0.4) is 0 Å². The van der Waals surface area contributed by atoms with E-state index in [1.54, 1.807) is 11.6 Å². The minimum Gasteiger partial charge on any atom is -0.476 e. The molecule has 0 radical (unpaired) electrons. The Balaban J connectivity index is 1.70. The van der Waals surface area contributed by atoms with Crippen LogP contribution >= 0.6 is 11.7 Å². The Kier molecular flexibility index (Phi) is 8.04. The lowest BCUT2D eigenvalue weighted by molar-refractivity contribution is -0.142. The van der Waals surface area contributed by atoms with E-state index in [0.717, 1.165) is 45.9 Å². The van der Waals surface area contributed by atoms with Gasteiger partial charge in [-0.25, -0.2) is 4.68 Å². The fourth-order valence-electron chi connectivity index (χ4n) is 3.77. The molecular weight excluding hydrogens is 468 g/mol. The van der Waals surface area contributed by atoms with Gasteiger partial charge in [-0.15, -0.1) is 5.10 Å². The van der Waals surface area contributed by atoms with Crippen LogP contribution < -0.4 is 9.47 Å². The van der Waals surface area contributed by atoms with E-state index in [1.165, 1.54) is 0 Å². The van der Waals surface area contributed by atoms with Gasteiger partial charge in [0, 0.05) is 6.42 Å². The molecule has 0 atom stereocenters. The number of carbonyl (C=O) groups excluding carboxylic acids is 2. The molecule has 0 saturated heterocycles. The number of hydrogen-bond acceptors (Lipinski definition) is 9. The molecule has 0 aliphatic heterocycles. The first kappa shape index (κ1) is 24.3. The van der Waals surface area contributed by atoms with Crippen LogP contribution in [0, 0.1) is 0 Å². The predicted molar refractivity (Wildman–Crippen MR) is 131 cm³/mol. The lowest BCUT2D eigenvalue weighted by Crippen LogP contribution is -2.12. The second-order valence-electron chi connectivity index (χ2n) is 7.82. The lowest BCUT2D eigenvalue weighted by Gasteiger charge is -2.11. The van der Waals surface area contributed by atoms with Crippen LogP contribution in [0.15, 0.2) is 42.5 Å². The van der Waals surface area contributed by atoms with Gasteiger partial charge in [0.15, 0.2) is 0 Å². The van der Waals surface area contributed by atoms with Gasteiger partial charge in [-0.2, -0.15) is 8.75 Å². The molecule has 4 aromatic rings. The third kappa shape index (κ3) is 5.83. The molecule has 2 heterocycles. The van der Waals surface area contributed by atoms with Crippen molar-refractivity contribution in [2.45, 2.75) is 39.7 Å². The highest BCUT2D eigenvalue weighted by Gasteiger charge is 2.23. The molecule has 182 valence electrons. The third-order valence-corrected chi connectivity index (χ3v) is 5.90. The average molecular weight is 495 g/mol. The predicted octanol–water partition coefficient (Wildman–Crippen LogP) is 3.96. The maximum Gasteiger partial charge on any atom is 0.310 e. The van der Waals surface area contributed by atoms with Crippen molar-refractivity contribution in [2.24, 2.45) is 0 Å². The van der Waals surface area contributed by atoms with Crippen molar-refractivity contribution in [3.05, 3.63) is 64.7 Å². The monoisotopic (exact) mass is 494 g/mol. The number of carbonyl (C=O) groups is 2. The maximum atomic E-state index is 12.1. The molecule has 0 spiro atoms. The van der Waals surface area contributed by atoms with Crippen LogP contribution in [0.2, 0.25) is 0 Å². The van der Waals surface area contributed by atoms with Crippen LogP contribution in [-0.4, -0.2) is 44.2 Å². The molecule has 0 N–H and O–H groups in total. The van der Waals surface area contributed by atoms with E-state index in [2.05, 4.69) is 13.8 Å². The Morgan fingerprint density at radius 2 is 1.89 bits per heavy atom. The normalized spacial score (nSPS) is 10.9. The van der Waals surface area contributed by atoms with E-state index in [-0.39, 0.29) is 18.9 Å². The zero-order chi connectivity index (χ0) is 24.6. The highest BCUT2D eigenvalue weighted by atomic mass is 32.1. The second kappa shape index (κ2) is 11.6. The van der Waals surface area contributed by atoms with Crippen LogP contribution in [0.4, 0.5) is 0 Å². The van der Waals surface area contributed by atoms with Crippen molar-refractivity contribution in [3.8, 4) is 11.8 Å². The van der Waals surface area contributed by atoms with Gasteiger partial charge in [0.05, 0.1) is 43.5 Å². The number of fused-ring (bicyclic) bond motifs is 1. The largest absolute Gasteiger partial charge is 0.476 e. The standard InChI is InChI=1S/C25H26N4O5S/c1-3-11-33-24-20(12-17-9-10-21-22(13-17)28-35-27-21)25(34-16-30)29(26-24)15-19-8-6-5-7-18(19)14-23(31)32-4-2/h5-10,13,16H,3-4,11-12,14-15H2,1-2H3. The zero-order valence-corrected chi connectivity index (χ0v) is 20.4. The minimum atomic E-state index is -0.302. The molecule has 0 fully saturated rings. The average Bonchev–Trinajstić information content (AvgIpc) is 3.44. The Labute approximate surface area is 207 Å². The topological polar surface area (TPSA) is 105 Å². The highest BCUT2D eigenvalue weighted by Crippen LogP contribution is 2.32. The minimum absolute atomic E-state index is 0.142. The first-order valence-corrected chi connectivity index (χ1v) is 12.1. The molecule has 0 aliphatic carbocycles. The highest BCUT2D eigenvalue weighted by molar-refractivity contribution is 7.00. The van der Waals surface area contributed by atoms with Gasteiger partial charge in [-0.1, -0.05) is 37.3 Å². The summed E-state index contributed by atoms with van der Waals surface area (Å²) in [5, 5.41) is 4.64. The van der Waals surface area contributed by atoms with Crippen LogP contribution in [0.5, 0.6) is 11.8 Å². The molecule has 10 heteroatoms. The van der Waals surface area contributed by atoms with Crippen molar-refractivity contribution < 1.29 is 23.8 Å². The van der Waals surface area contributed by atoms with Gasteiger partial charge >= 0.3 is 5.97 Å². The third-order valence-electron chi connectivity index (χ3n) is 5.34. The van der Waals surface area contributed by atoms with Gasteiger partial charge in [-0.3, -0.25) is 9.59 Å². The number of rotatable bonds is 12. The van der Waals surface area contributed by atoms with Crippen LogP contribution in [0.1, 0.15) is 42.5 Å². The van der Waals surface area contributed by atoms with Crippen molar-refractivity contribution in [1.82, 2.24) is 18.5 Å². The van der Waals surface area contributed by atoms with Crippen molar-refractivity contribution in [1.29, 1.82) is 0 Å². The SMILES string of the molecule is CCCOc1nn(Cc2ccccc2CC(=O)OCC)c(OC=O)c1Cc1ccc2nsnc2c1. The number of benzene rings is 2. The molecule has 9 nitrogen and oxygen atoms in total. The molecule has 0 aliphatic rings. The Bertz CT molecular complexity index is 1320. The number of esters is 1. The van der Waals surface area contributed by atoms with E-state index in [9.17, 15) is 9.59 Å². The first-order valence-electron chi connectivity index (χ1n) is 11.4. The van der Waals surface area contributed by atoms with Crippen molar-refractivity contribution in [2.75, 3.05) is 13.2 Å². The summed E-state index contributed by atoms with van der Waals surface area (Å²) in [6.45, 7) is 5.25. The van der Waals surface area contributed by atoms with Crippen molar-refractivity contribution in [3.63, 3.8) is 0 Å². The second-order valence-corrected chi connectivity index (χ2v) is 8.35. The van der Waals surface area contributed by atoms with Crippen molar-refractivity contribution >= 4 is 35.2 Å². The summed E-state index contributed by atoms with van der Waals surface area (Å²) in [4.78, 5) is 23.5. The smallest absolute Gasteiger partial charge is 0.310 e. The molecule has 4 rings (SSSR count). The van der Waals surface area contributed by atoms with E-state index < -0.39 is 0 Å². The molecule has 2 aromatic heterocycles. The van der Waals surface area contributed by atoms with E-state index in [1.807, 2.05) is 49.4 Å². The van der Waals surface area contributed by atoms with E-state index in [0.29, 0.717) is 43.4 Å². The van der Waals surface area contributed by atoms with Crippen LogP contribution in [-0.2, 0) is 33.7 Å². The van der Waals surface area contributed by atoms with Gasteiger partial charge in [-0.05, 0) is 42.2 Å². The van der Waals surface area contributed by atoms with Crippen LogP contribution in [0.25, 0.3) is 11.0 Å². The quantitative estimate of drug-likeness (QED) is 0.215. The first-order chi connectivity index (χ1) is 17.1. The van der Waals surface area contributed by atoms with Gasteiger partial charge in [0.25, 0.3) is 6.47 Å². The number of aromatic nitrogens is 4. The summed E-state index contributed by atoms with van der Waals surface area (Å²) in [5.74, 6) is 0.404. The lowest BCUT2D eigenvalue weighted by atomic mass is 10.0. The Hall–Kier alpha value is -3.79. The fraction of sp³-hybridized carbons (Fsp3) is 0.320. The summed E-state index contributed by atoms with van der Waals surface area (Å²) >= 11 is 1.16. The molecule has 35 heavy (non-hydrogen) atoms. The molecule has 2 aromatic carbocycles. The van der Waals surface area contributed by atoms with Gasteiger partial charge < -0.3 is 14.2 Å². The molecule has 0 amide bonds. The number of hydrogen-bond donors (Lipinski definition) is 0.